The zero-order chi connectivity index (χ0) is 12.1. The maximum absolute atomic E-state index is 11.9. The molecule has 4 nitrogen and oxygen atoms in total. The Hall–Kier alpha value is -0.910. The van der Waals surface area contributed by atoms with Crippen molar-refractivity contribution in [1.29, 1.82) is 0 Å². The van der Waals surface area contributed by atoms with E-state index >= 15 is 0 Å². The molecule has 94 valence electrons. The molecule has 1 aromatic heterocycles. The minimum atomic E-state index is -0.0525. The fourth-order valence-corrected chi connectivity index (χ4v) is 2.70. The number of hydrogen-bond donors (Lipinski definition) is 2. The second-order valence-electron chi connectivity index (χ2n) is 4.16. The molecule has 1 amide bonds. The zero-order valence-electron chi connectivity index (χ0n) is 9.94. The molecule has 2 unspecified atom stereocenters. The maximum atomic E-state index is 11.9. The Morgan fingerprint density at radius 2 is 2.47 bits per heavy atom. The van der Waals surface area contributed by atoms with Gasteiger partial charge in [-0.25, -0.2) is 0 Å². The van der Waals surface area contributed by atoms with Gasteiger partial charge in [-0.05, 0) is 24.9 Å². The van der Waals surface area contributed by atoms with Crippen molar-refractivity contribution in [1.82, 2.24) is 10.6 Å². The van der Waals surface area contributed by atoms with Crippen LogP contribution in [0.3, 0.4) is 0 Å². The normalized spacial score (nSPS) is 23.8. The molecule has 2 N–H and O–H groups in total. The standard InChI is InChI=1S/C12H18N2O2S/c1-13-11-8-16-7-10(11)12(15)14-5-4-9-3-2-6-17-9/h2-3,6,10-11,13H,4-5,7-8H2,1H3,(H,14,15). The van der Waals surface area contributed by atoms with E-state index in [-0.39, 0.29) is 17.9 Å². The first-order valence-electron chi connectivity index (χ1n) is 5.86. The van der Waals surface area contributed by atoms with E-state index in [2.05, 4.69) is 22.1 Å². The largest absolute Gasteiger partial charge is 0.379 e. The van der Waals surface area contributed by atoms with E-state index in [0.717, 1.165) is 6.42 Å². The van der Waals surface area contributed by atoms with Gasteiger partial charge in [-0.15, -0.1) is 11.3 Å². The first-order valence-corrected chi connectivity index (χ1v) is 6.74. The van der Waals surface area contributed by atoms with Gasteiger partial charge in [0.1, 0.15) is 0 Å². The number of nitrogens with one attached hydrogen (secondary N) is 2. The molecule has 1 saturated heterocycles. The third-order valence-electron chi connectivity index (χ3n) is 3.04. The predicted octanol–water partition coefficient (Wildman–Crippen LogP) is 0.641. The Bertz CT molecular complexity index is 353. The Kier molecular flexibility index (Phi) is 4.53. The van der Waals surface area contributed by atoms with Crippen molar-refractivity contribution in [3.63, 3.8) is 0 Å². The van der Waals surface area contributed by atoms with E-state index in [0.29, 0.717) is 19.8 Å². The Balaban J connectivity index is 1.73. The number of rotatable bonds is 5. The average Bonchev–Trinajstić information content (AvgIpc) is 2.99. The molecule has 0 radical (unpaired) electrons. The molecule has 1 fully saturated rings. The summed E-state index contributed by atoms with van der Waals surface area (Å²) in [5.74, 6) is 0.0433. The summed E-state index contributed by atoms with van der Waals surface area (Å²) in [7, 11) is 1.87. The highest BCUT2D eigenvalue weighted by molar-refractivity contribution is 7.09. The quantitative estimate of drug-likeness (QED) is 0.811. The molecule has 0 saturated carbocycles. The van der Waals surface area contributed by atoms with Gasteiger partial charge in [0.25, 0.3) is 0 Å². The van der Waals surface area contributed by atoms with E-state index in [1.807, 2.05) is 13.1 Å². The molecule has 0 aromatic carbocycles. The lowest BCUT2D eigenvalue weighted by Gasteiger charge is -2.16. The smallest absolute Gasteiger partial charge is 0.227 e. The first-order chi connectivity index (χ1) is 8.31. The second kappa shape index (κ2) is 6.14. The van der Waals surface area contributed by atoms with Gasteiger partial charge in [0.15, 0.2) is 0 Å². The number of likely N-dealkylation sites (N-methyl/N-ethyl adjacent to an activating group) is 1. The molecular weight excluding hydrogens is 236 g/mol. The van der Waals surface area contributed by atoms with Crippen LogP contribution in [0.2, 0.25) is 0 Å². The van der Waals surface area contributed by atoms with Crippen molar-refractivity contribution >= 4 is 17.2 Å². The monoisotopic (exact) mass is 254 g/mol. The van der Waals surface area contributed by atoms with Gasteiger partial charge in [0.05, 0.1) is 19.1 Å². The minimum absolute atomic E-state index is 0.0525. The van der Waals surface area contributed by atoms with Gasteiger partial charge in [-0.2, -0.15) is 0 Å². The van der Waals surface area contributed by atoms with Crippen molar-refractivity contribution in [2.75, 3.05) is 26.8 Å². The van der Waals surface area contributed by atoms with E-state index in [9.17, 15) is 4.79 Å². The number of hydrogen-bond acceptors (Lipinski definition) is 4. The number of ether oxygens (including phenoxy) is 1. The van der Waals surface area contributed by atoms with E-state index in [4.69, 9.17) is 4.74 Å². The Morgan fingerprint density at radius 3 is 3.18 bits per heavy atom. The van der Waals surface area contributed by atoms with Crippen molar-refractivity contribution in [3.8, 4) is 0 Å². The molecule has 0 aliphatic carbocycles. The van der Waals surface area contributed by atoms with E-state index < -0.39 is 0 Å². The Labute approximate surface area is 105 Å². The van der Waals surface area contributed by atoms with Crippen LogP contribution < -0.4 is 10.6 Å². The zero-order valence-corrected chi connectivity index (χ0v) is 10.8. The first kappa shape index (κ1) is 12.5. The lowest BCUT2D eigenvalue weighted by molar-refractivity contribution is -0.125. The average molecular weight is 254 g/mol. The molecule has 2 atom stereocenters. The van der Waals surface area contributed by atoms with Crippen LogP contribution in [0.4, 0.5) is 0 Å². The number of carbonyl (C=O) groups excluding carboxylic acids is 1. The highest BCUT2D eigenvalue weighted by Gasteiger charge is 2.32. The van der Waals surface area contributed by atoms with Crippen LogP contribution in [0.25, 0.3) is 0 Å². The lowest BCUT2D eigenvalue weighted by Crippen LogP contribution is -2.43. The summed E-state index contributed by atoms with van der Waals surface area (Å²) in [4.78, 5) is 13.2. The van der Waals surface area contributed by atoms with Crippen LogP contribution in [-0.4, -0.2) is 38.8 Å². The van der Waals surface area contributed by atoms with Crippen molar-refractivity contribution in [2.45, 2.75) is 12.5 Å². The molecule has 1 aliphatic rings. The van der Waals surface area contributed by atoms with Crippen molar-refractivity contribution in [3.05, 3.63) is 22.4 Å². The van der Waals surface area contributed by atoms with Crippen LogP contribution in [-0.2, 0) is 16.0 Å². The molecule has 0 bridgehead atoms. The molecule has 1 aromatic rings. The summed E-state index contributed by atoms with van der Waals surface area (Å²) in [6.07, 6.45) is 0.904. The molecular formula is C12H18N2O2S. The summed E-state index contributed by atoms with van der Waals surface area (Å²) in [5, 5.41) is 8.14. The Morgan fingerprint density at radius 1 is 1.59 bits per heavy atom. The van der Waals surface area contributed by atoms with Crippen LogP contribution in [0, 0.1) is 5.92 Å². The van der Waals surface area contributed by atoms with Gasteiger partial charge in [-0.3, -0.25) is 4.79 Å². The molecule has 5 heteroatoms. The molecule has 17 heavy (non-hydrogen) atoms. The summed E-state index contributed by atoms with van der Waals surface area (Å²) >= 11 is 1.72. The lowest BCUT2D eigenvalue weighted by atomic mass is 10.0. The summed E-state index contributed by atoms with van der Waals surface area (Å²) in [6.45, 7) is 1.85. The second-order valence-corrected chi connectivity index (χ2v) is 5.19. The summed E-state index contributed by atoms with van der Waals surface area (Å²) in [6, 6.07) is 4.27. The van der Waals surface area contributed by atoms with Gasteiger partial charge in [0, 0.05) is 17.5 Å². The summed E-state index contributed by atoms with van der Waals surface area (Å²) < 4.78 is 5.31. The van der Waals surface area contributed by atoms with Gasteiger partial charge in [-0.1, -0.05) is 6.07 Å². The highest BCUT2D eigenvalue weighted by Crippen LogP contribution is 2.13. The molecule has 2 rings (SSSR count). The predicted molar refractivity (Wildman–Crippen MR) is 68.2 cm³/mol. The highest BCUT2D eigenvalue weighted by atomic mass is 32.1. The van der Waals surface area contributed by atoms with Crippen molar-refractivity contribution < 1.29 is 9.53 Å². The maximum Gasteiger partial charge on any atom is 0.227 e. The molecule has 0 spiro atoms. The number of carbonyl (C=O) groups is 1. The fraction of sp³-hybridized carbons (Fsp3) is 0.583. The number of amides is 1. The summed E-state index contributed by atoms with van der Waals surface area (Å²) in [5.41, 5.74) is 0. The third-order valence-corrected chi connectivity index (χ3v) is 3.97. The molecule has 2 heterocycles. The molecule has 1 aliphatic heterocycles. The van der Waals surface area contributed by atoms with E-state index in [1.54, 1.807) is 11.3 Å². The van der Waals surface area contributed by atoms with Gasteiger partial charge in [0.2, 0.25) is 5.91 Å². The number of thiophene rings is 1. The van der Waals surface area contributed by atoms with Gasteiger partial charge >= 0.3 is 0 Å². The minimum Gasteiger partial charge on any atom is -0.379 e. The van der Waals surface area contributed by atoms with Crippen LogP contribution in [0.1, 0.15) is 4.88 Å². The fourth-order valence-electron chi connectivity index (χ4n) is 1.99. The van der Waals surface area contributed by atoms with Crippen LogP contribution in [0.5, 0.6) is 0 Å². The van der Waals surface area contributed by atoms with Crippen molar-refractivity contribution in [2.24, 2.45) is 5.92 Å². The SMILES string of the molecule is CNC1COCC1C(=O)NCCc1cccs1. The topological polar surface area (TPSA) is 50.4 Å². The van der Waals surface area contributed by atoms with Crippen LogP contribution in [0.15, 0.2) is 17.5 Å². The van der Waals surface area contributed by atoms with E-state index in [1.165, 1.54) is 4.88 Å². The third kappa shape index (κ3) is 3.28. The van der Waals surface area contributed by atoms with Crippen LogP contribution >= 0.6 is 11.3 Å². The van der Waals surface area contributed by atoms with Gasteiger partial charge < -0.3 is 15.4 Å².